The lowest BCUT2D eigenvalue weighted by molar-refractivity contribution is -0.118. The molecule has 2 atom stereocenters. The molecule has 1 aromatic rings. The Hall–Kier alpha value is -1.42. The molecular weight excluding hydrogens is 202 g/mol. The Balaban J connectivity index is 2.05. The van der Waals surface area contributed by atoms with Crippen molar-refractivity contribution in [2.75, 3.05) is 11.9 Å². The predicted molar refractivity (Wildman–Crippen MR) is 63.2 cm³/mol. The van der Waals surface area contributed by atoms with Gasteiger partial charge in [0.1, 0.15) is 0 Å². The minimum Gasteiger partial charge on any atom is -0.324 e. The molecule has 1 aliphatic heterocycles. The molecule has 86 valence electrons. The van der Waals surface area contributed by atoms with Crippen molar-refractivity contribution in [1.82, 2.24) is 10.3 Å². The fourth-order valence-electron chi connectivity index (χ4n) is 2.01. The number of hydrogen-bond donors (Lipinski definition) is 2. The van der Waals surface area contributed by atoms with Gasteiger partial charge in [-0.1, -0.05) is 6.92 Å². The highest BCUT2D eigenvalue weighted by Gasteiger charge is 2.29. The van der Waals surface area contributed by atoms with E-state index in [0.29, 0.717) is 5.92 Å². The smallest absolute Gasteiger partial charge is 0.241 e. The first-order chi connectivity index (χ1) is 7.68. The van der Waals surface area contributed by atoms with Gasteiger partial charge < -0.3 is 10.6 Å². The van der Waals surface area contributed by atoms with Crippen LogP contribution in [0.15, 0.2) is 18.5 Å². The molecule has 0 aliphatic carbocycles. The number of nitrogens with one attached hydrogen (secondary N) is 2. The molecule has 16 heavy (non-hydrogen) atoms. The summed E-state index contributed by atoms with van der Waals surface area (Å²) in [5.74, 6) is 0.460. The van der Waals surface area contributed by atoms with Gasteiger partial charge in [-0.3, -0.25) is 9.78 Å². The molecule has 0 spiro atoms. The number of carbonyl (C=O) groups is 1. The number of anilines is 1. The number of carbonyl (C=O) groups excluding carboxylic acids is 1. The van der Waals surface area contributed by atoms with E-state index in [4.69, 9.17) is 0 Å². The van der Waals surface area contributed by atoms with Gasteiger partial charge in [0, 0.05) is 18.1 Å². The maximum atomic E-state index is 12.0. The number of hydrogen-bond acceptors (Lipinski definition) is 3. The van der Waals surface area contributed by atoms with Gasteiger partial charge in [-0.25, -0.2) is 0 Å². The lowest BCUT2D eigenvalue weighted by Gasteiger charge is -2.16. The lowest BCUT2D eigenvalue weighted by Crippen LogP contribution is -2.39. The van der Waals surface area contributed by atoms with Gasteiger partial charge >= 0.3 is 0 Å². The highest BCUT2D eigenvalue weighted by atomic mass is 16.2. The molecule has 1 aromatic heterocycles. The number of pyridine rings is 1. The van der Waals surface area contributed by atoms with E-state index >= 15 is 0 Å². The Bertz CT molecular complexity index is 392. The van der Waals surface area contributed by atoms with Crippen LogP contribution in [0, 0.1) is 12.8 Å². The highest BCUT2D eigenvalue weighted by Crippen LogP contribution is 2.17. The van der Waals surface area contributed by atoms with Crippen LogP contribution in [0.3, 0.4) is 0 Å². The monoisotopic (exact) mass is 219 g/mol. The first-order valence-electron chi connectivity index (χ1n) is 5.63. The van der Waals surface area contributed by atoms with E-state index in [-0.39, 0.29) is 11.9 Å². The van der Waals surface area contributed by atoms with Crippen LogP contribution >= 0.6 is 0 Å². The summed E-state index contributed by atoms with van der Waals surface area (Å²) in [7, 11) is 0. The standard InChI is InChI=1S/C12H17N3O/c1-8-3-6-14-11(8)12(16)15-10-4-5-13-7-9(10)2/h4-5,7-8,11,14H,3,6H2,1-2H3,(H,13,15,16). The average Bonchev–Trinajstić information content (AvgIpc) is 2.68. The largest absolute Gasteiger partial charge is 0.324 e. The number of amides is 1. The second-order valence-electron chi connectivity index (χ2n) is 4.38. The second-order valence-corrected chi connectivity index (χ2v) is 4.38. The van der Waals surface area contributed by atoms with E-state index in [1.165, 1.54) is 0 Å². The van der Waals surface area contributed by atoms with Crippen LogP contribution in [0.5, 0.6) is 0 Å². The predicted octanol–water partition coefficient (Wildman–Crippen LogP) is 1.33. The Morgan fingerprint density at radius 2 is 2.44 bits per heavy atom. The summed E-state index contributed by atoms with van der Waals surface area (Å²) < 4.78 is 0. The minimum absolute atomic E-state index is 0.0549. The quantitative estimate of drug-likeness (QED) is 0.789. The van der Waals surface area contributed by atoms with E-state index in [2.05, 4.69) is 22.5 Å². The molecule has 0 aromatic carbocycles. The van der Waals surface area contributed by atoms with Crippen LogP contribution < -0.4 is 10.6 Å². The molecule has 1 aliphatic rings. The van der Waals surface area contributed by atoms with Crippen LogP contribution in [0.4, 0.5) is 5.69 Å². The first-order valence-corrected chi connectivity index (χ1v) is 5.63. The number of rotatable bonds is 2. The lowest BCUT2D eigenvalue weighted by atomic mass is 10.0. The number of aromatic nitrogens is 1. The van der Waals surface area contributed by atoms with E-state index in [1.54, 1.807) is 12.4 Å². The summed E-state index contributed by atoms with van der Waals surface area (Å²) in [4.78, 5) is 16.0. The molecule has 2 N–H and O–H groups in total. The summed E-state index contributed by atoms with van der Waals surface area (Å²) >= 11 is 0. The van der Waals surface area contributed by atoms with Crippen molar-refractivity contribution in [3.63, 3.8) is 0 Å². The van der Waals surface area contributed by atoms with Crippen LogP contribution in [-0.4, -0.2) is 23.5 Å². The van der Waals surface area contributed by atoms with Gasteiger partial charge in [0.15, 0.2) is 0 Å². The summed E-state index contributed by atoms with van der Waals surface area (Å²) in [6.45, 7) is 4.96. The molecule has 0 bridgehead atoms. The Kier molecular flexibility index (Phi) is 3.19. The summed E-state index contributed by atoms with van der Waals surface area (Å²) in [5.41, 5.74) is 1.84. The number of aryl methyl sites for hydroxylation is 1. The Morgan fingerprint density at radius 1 is 1.62 bits per heavy atom. The molecule has 1 amide bonds. The molecule has 2 unspecified atom stereocenters. The van der Waals surface area contributed by atoms with Crippen LogP contribution in [0.25, 0.3) is 0 Å². The molecule has 2 rings (SSSR count). The van der Waals surface area contributed by atoms with Gasteiger partial charge in [0.25, 0.3) is 0 Å². The van der Waals surface area contributed by atoms with Crippen molar-refractivity contribution in [2.24, 2.45) is 5.92 Å². The zero-order chi connectivity index (χ0) is 11.5. The zero-order valence-corrected chi connectivity index (χ0v) is 9.66. The molecule has 0 saturated carbocycles. The van der Waals surface area contributed by atoms with Crippen LogP contribution in [0.1, 0.15) is 18.9 Å². The van der Waals surface area contributed by atoms with Crippen molar-refractivity contribution in [2.45, 2.75) is 26.3 Å². The Morgan fingerprint density at radius 3 is 3.06 bits per heavy atom. The second kappa shape index (κ2) is 4.61. The maximum absolute atomic E-state index is 12.0. The maximum Gasteiger partial charge on any atom is 0.241 e. The third-order valence-corrected chi connectivity index (χ3v) is 3.09. The van der Waals surface area contributed by atoms with E-state index < -0.39 is 0 Å². The van der Waals surface area contributed by atoms with Crippen LogP contribution in [-0.2, 0) is 4.79 Å². The van der Waals surface area contributed by atoms with E-state index in [0.717, 1.165) is 24.2 Å². The average molecular weight is 219 g/mol. The third kappa shape index (κ3) is 2.22. The van der Waals surface area contributed by atoms with Crippen molar-refractivity contribution < 1.29 is 4.79 Å². The van der Waals surface area contributed by atoms with Crippen LogP contribution in [0.2, 0.25) is 0 Å². The van der Waals surface area contributed by atoms with Gasteiger partial charge in [-0.15, -0.1) is 0 Å². The van der Waals surface area contributed by atoms with E-state index in [1.807, 2.05) is 13.0 Å². The topological polar surface area (TPSA) is 54.0 Å². The fraction of sp³-hybridized carbons (Fsp3) is 0.500. The summed E-state index contributed by atoms with van der Waals surface area (Å²) in [6, 6.07) is 1.76. The normalized spacial score (nSPS) is 24.4. The fourth-order valence-corrected chi connectivity index (χ4v) is 2.01. The van der Waals surface area contributed by atoms with Crippen molar-refractivity contribution in [3.8, 4) is 0 Å². The molecule has 0 radical (unpaired) electrons. The SMILES string of the molecule is Cc1cnccc1NC(=O)C1NCCC1C. The molecule has 4 heteroatoms. The molecular formula is C12H17N3O. The van der Waals surface area contributed by atoms with Crippen molar-refractivity contribution in [3.05, 3.63) is 24.0 Å². The highest BCUT2D eigenvalue weighted by molar-refractivity contribution is 5.95. The molecule has 2 heterocycles. The molecule has 1 saturated heterocycles. The van der Waals surface area contributed by atoms with Gasteiger partial charge in [-0.2, -0.15) is 0 Å². The van der Waals surface area contributed by atoms with Crippen molar-refractivity contribution in [1.29, 1.82) is 0 Å². The van der Waals surface area contributed by atoms with E-state index in [9.17, 15) is 4.79 Å². The van der Waals surface area contributed by atoms with Gasteiger partial charge in [-0.05, 0) is 37.4 Å². The van der Waals surface area contributed by atoms with Gasteiger partial charge in [0.2, 0.25) is 5.91 Å². The summed E-state index contributed by atoms with van der Waals surface area (Å²) in [6.07, 6.45) is 4.50. The molecule has 4 nitrogen and oxygen atoms in total. The summed E-state index contributed by atoms with van der Waals surface area (Å²) in [5, 5.41) is 6.16. The number of nitrogens with zero attached hydrogens (tertiary/aromatic N) is 1. The van der Waals surface area contributed by atoms with Gasteiger partial charge in [0.05, 0.1) is 6.04 Å². The first kappa shape index (κ1) is 11.1. The minimum atomic E-state index is -0.0624. The molecule has 1 fully saturated rings. The third-order valence-electron chi connectivity index (χ3n) is 3.09. The Labute approximate surface area is 95.5 Å². The zero-order valence-electron chi connectivity index (χ0n) is 9.66. The van der Waals surface area contributed by atoms with Crippen molar-refractivity contribution >= 4 is 11.6 Å².